The van der Waals surface area contributed by atoms with Gasteiger partial charge in [0.05, 0.1) is 23.9 Å². The molecule has 0 N–H and O–H groups in total. The second-order valence-electron chi connectivity index (χ2n) is 3.29. The van der Waals surface area contributed by atoms with E-state index in [1.54, 1.807) is 6.33 Å². The molecule has 2 rings (SSSR count). The maximum absolute atomic E-state index is 11.3. The van der Waals surface area contributed by atoms with Crippen molar-refractivity contribution in [2.45, 2.75) is 12.5 Å². The first-order valence-electron chi connectivity index (χ1n) is 4.08. The topological polar surface area (TPSA) is 52.0 Å². The van der Waals surface area contributed by atoms with Crippen molar-refractivity contribution in [2.24, 2.45) is 0 Å². The first-order valence-corrected chi connectivity index (χ1v) is 8.06. The van der Waals surface area contributed by atoms with Gasteiger partial charge in [-0.15, -0.1) is 0 Å². The number of sulfone groups is 1. The molecule has 0 saturated carbocycles. The summed E-state index contributed by atoms with van der Waals surface area (Å²) in [6, 6.07) is 0.0860. The van der Waals surface area contributed by atoms with Gasteiger partial charge in [0.15, 0.2) is 9.84 Å². The van der Waals surface area contributed by atoms with Crippen molar-refractivity contribution in [3.05, 3.63) is 13.7 Å². The lowest BCUT2D eigenvalue weighted by molar-refractivity contribution is 0.545. The number of aromatic nitrogens is 2. The summed E-state index contributed by atoms with van der Waals surface area (Å²) in [5.74, 6) is 0.567. The number of nitrogens with zero attached hydrogens (tertiary/aromatic N) is 2. The van der Waals surface area contributed by atoms with Gasteiger partial charge < -0.3 is 4.57 Å². The predicted molar refractivity (Wildman–Crippen MR) is 70.0 cm³/mol. The molecule has 1 fully saturated rings. The Morgan fingerprint density at radius 3 is 2.64 bits per heavy atom. The van der Waals surface area contributed by atoms with Crippen molar-refractivity contribution >= 4 is 55.0 Å². The molecule has 1 aliphatic rings. The second-order valence-corrected chi connectivity index (χ2v) is 7.56. The van der Waals surface area contributed by atoms with E-state index >= 15 is 0 Å². The van der Waals surface area contributed by atoms with Crippen molar-refractivity contribution in [3.63, 3.8) is 0 Å². The summed E-state index contributed by atoms with van der Waals surface area (Å²) >= 11 is 4.35. The van der Waals surface area contributed by atoms with Gasteiger partial charge in [-0.25, -0.2) is 13.4 Å². The molecule has 0 radical (unpaired) electrons. The Morgan fingerprint density at radius 2 is 2.21 bits per heavy atom. The van der Waals surface area contributed by atoms with Gasteiger partial charge >= 0.3 is 0 Å². The maximum Gasteiger partial charge on any atom is 0.152 e. The minimum Gasteiger partial charge on any atom is -0.321 e. The number of hydrogen-bond donors (Lipinski definition) is 0. The molecule has 1 aromatic rings. The zero-order chi connectivity index (χ0) is 10.3. The van der Waals surface area contributed by atoms with Crippen LogP contribution in [-0.2, 0) is 9.84 Å². The van der Waals surface area contributed by atoms with Gasteiger partial charge in [-0.05, 0) is 51.6 Å². The largest absolute Gasteiger partial charge is 0.321 e. The fourth-order valence-corrected chi connectivity index (χ4v) is 4.34. The van der Waals surface area contributed by atoms with Crippen LogP contribution in [0.15, 0.2) is 6.33 Å². The Balaban J connectivity index is 2.30. The molecule has 1 aliphatic heterocycles. The molecule has 0 bridgehead atoms. The smallest absolute Gasteiger partial charge is 0.152 e. The highest BCUT2D eigenvalue weighted by Gasteiger charge is 2.30. The van der Waals surface area contributed by atoms with Gasteiger partial charge in [0.2, 0.25) is 0 Å². The Labute approximate surface area is 110 Å². The van der Waals surface area contributed by atoms with E-state index in [2.05, 4.69) is 50.2 Å². The third-order valence-corrected chi connectivity index (χ3v) is 6.93. The summed E-state index contributed by atoms with van der Waals surface area (Å²) < 4.78 is 26.5. The maximum atomic E-state index is 11.3. The Hall–Kier alpha value is 0.620. The zero-order valence-corrected chi connectivity index (χ0v) is 12.3. The second kappa shape index (κ2) is 3.89. The van der Waals surface area contributed by atoms with Crippen molar-refractivity contribution in [3.8, 4) is 0 Å². The number of imidazole rings is 1. The standard InChI is InChI=1S/C7H8I2N2O2S/c8-6-7(9)11(4-10-6)5-1-2-14(12,13)3-5/h4-5H,1-3H2. The monoisotopic (exact) mass is 438 g/mol. The molecule has 78 valence electrons. The molecule has 1 saturated heterocycles. The number of hydrogen-bond acceptors (Lipinski definition) is 3. The van der Waals surface area contributed by atoms with Gasteiger partial charge in [0, 0.05) is 0 Å². The van der Waals surface area contributed by atoms with E-state index in [-0.39, 0.29) is 11.8 Å². The summed E-state index contributed by atoms with van der Waals surface area (Å²) in [5, 5.41) is 0. The van der Waals surface area contributed by atoms with Crippen LogP contribution >= 0.6 is 45.2 Å². The molecule has 0 spiro atoms. The van der Waals surface area contributed by atoms with Crippen molar-refractivity contribution in [2.75, 3.05) is 11.5 Å². The van der Waals surface area contributed by atoms with E-state index in [1.807, 2.05) is 4.57 Å². The summed E-state index contributed by atoms with van der Waals surface area (Å²) in [5.41, 5.74) is 0. The molecular formula is C7H8I2N2O2S. The van der Waals surface area contributed by atoms with Gasteiger partial charge in [-0.1, -0.05) is 0 Å². The van der Waals surface area contributed by atoms with Crippen LogP contribution in [0, 0.1) is 7.40 Å². The average molecular weight is 438 g/mol. The molecule has 1 unspecified atom stereocenters. The van der Waals surface area contributed by atoms with E-state index in [0.29, 0.717) is 12.2 Å². The Bertz CT molecular complexity index is 454. The number of halogens is 2. The van der Waals surface area contributed by atoms with Crippen LogP contribution in [0.2, 0.25) is 0 Å². The molecular weight excluding hydrogens is 430 g/mol. The molecule has 1 atom stereocenters. The Morgan fingerprint density at radius 1 is 1.50 bits per heavy atom. The van der Waals surface area contributed by atoms with Crippen LogP contribution in [0.1, 0.15) is 12.5 Å². The van der Waals surface area contributed by atoms with Crippen molar-refractivity contribution in [1.29, 1.82) is 0 Å². The minimum absolute atomic E-state index is 0.0860. The van der Waals surface area contributed by atoms with Crippen LogP contribution in [-0.4, -0.2) is 29.5 Å². The molecule has 7 heteroatoms. The van der Waals surface area contributed by atoms with Gasteiger partial charge in [-0.3, -0.25) is 0 Å². The number of rotatable bonds is 1. The molecule has 0 amide bonds. The Kier molecular flexibility index (Phi) is 3.09. The molecule has 1 aromatic heterocycles. The summed E-state index contributed by atoms with van der Waals surface area (Å²) in [6.07, 6.45) is 2.44. The molecule has 14 heavy (non-hydrogen) atoms. The quantitative estimate of drug-likeness (QED) is 0.625. The van der Waals surface area contributed by atoms with Crippen molar-refractivity contribution in [1.82, 2.24) is 9.55 Å². The highest BCUT2D eigenvalue weighted by atomic mass is 127. The first kappa shape index (κ1) is 11.1. The van der Waals surface area contributed by atoms with E-state index in [0.717, 1.165) is 7.40 Å². The molecule has 4 nitrogen and oxygen atoms in total. The summed E-state index contributed by atoms with van der Waals surface area (Å²) in [6.45, 7) is 0. The lowest BCUT2D eigenvalue weighted by Crippen LogP contribution is -2.11. The molecule has 0 aliphatic carbocycles. The highest BCUT2D eigenvalue weighted by Crippen LogP contribution is 2.27. The summed E-state index contributed by atoms with van der Waals surface area (Å²) in [7, 11) is -2.81. The molecule has 2 heterocycles. The fraction of sp³-hybridized carbons (Fsp3) is 0.571. The third kappa shape index (κ3) is 2.08. The van der Waals surface area contributed by atoms with Crippen LogP contribution < -0.4 is 0 Å². The van der Waals surface area contributed by atoms with Gasteiger partial charge in [-0.2, -0.15) is 0 Å². The van der Waals surface area contributed by atoms with Gasteiger partial charge in [0.25, 0.3) is 0 Å². The van der Waals surface area contributed by atoms with E-state index in [4.69, 9.17) is 0 Å². The fourth-order valence-electron chi connectivity index (χ4n) is 1.57. The summed E-state index contributed by atoms with van der Waals surface area (Å²) in [4.78, 5) is 4.16. The lowest BCUT2D eigenvalue weighted by Gasteiger charge is -2.10. The minimum atomic E-state index is -2.81. The van der Waals surface area contributed by atoms with Crippen LogP contribution in [0.25, 0.3) is 0 Å². The normalized spacial score (nSPS) is 25.4. The van der Waals surface area contributed by atoms with E-state index < -0.39 is 9.84 Å². The SMILES string of the molecule is O=S1(=O)CCC(n2cnc(I)c2I)C1. The highest BCUT2D eigenvalue weighted by molar-refractivity contribution is 14.1. The average Bonchev–Trinajstić information content (AvgIpc) is 2.59. The van der Waals surface area contributed by atoms with Crippen molar-refractivity contribution < 1.29 is 8.42 Å². The molecule has 0 aromatic carbocycles. The lowest BCUT2D eigenvalue weighted by atomic mass is 10.3. The van der Waals surface area contributed by atoms with E-state index in [9.17, 15) is 8.42 Å². The van der Waals surface area contributed by atoms with Crippen LogP contribution in [0.5, 0.6) is 0 Å². The first-order chi connectivity index (χ1) is 6.49. The van der Waals surface area contributed by atoms with Gasteiger partial charge in [0.1, 0.15) is 7.40 Å². The van der Waals surface area contributed by atoms with Crippen LogP contribution in [0.4, 0.5) is 0 Å². The predicted octanol–water partition coefficient (Wildman–Crippen LogP) is 1.45. The zero-order valence-electron chi connectivity index (χ0n) is 7.15. The van der Waals surface area contributed by atoms with E-state index in [1.165, 1.54) is 0 Å². The van der Waals surface area contributed by atoms with Crippen LogP contribution in [0.3, 0.4) is 0 Å². The third-order valence-electron chi connectivity index (χ3n) is 2.29.